The van der Waals surface area contributed by atoms with Crippen LogP contribution in [0.4, 0.5) is 25.2 Å². The zero-order valence-electron chi connectivity index (χ0n) is 8.70. The third-order valence-electron chi connectivity index (χ3n) is 1.23. The molecule has 5 nitrogen and oxygen atoms in total. The van der Waals surface area contributed by atoms with Crippen LogP contribution in [-0.2, 0) is 0 Å². The summed E-state index contributed by atoms with van der Waals surface area (Å²) in [7, 11) is -10.7. The Morgan fingerprint density at radius 3 is 2.11 bits per heavy atom. The number of nitrogens with zero attached hydrogens (tertiary/aromatic N) is 3. The van der Waals surface area contributed by atoms with Crippen molar-refractivity contribution in [2.45, 2.75) is 0 Å². The molecule has 0 spiro atoms. The van der Waals surface area contributed by atoms with E-state index in [1.54, 1.807) is 18.3 Å². The molecule has 0 amide bonds. The molecular weight excluding hydrogens is 316 g/mol. The molecule has 0 aliphatic rings. The van der Waals surface area contributed by atoms with Crippen LogP contribution in [0.2, 0.25) is 0 Å². The Bertz CT molecular complexity index is 529. The van der Waals surface area contributed by atoms with Gasteiger partial charge < -0.3 is 5.21 Å². The summed E-state index contributed by atoms with van der Waals surface area (Å²) in [6.45, 7) is 0. The van der Waals surface area contributed by atoms with E-state index in [1.165, 1.54) is 0 Å². The number of pyridine rings is 1. The number of fused-ring (bicyclic) bond motifs is 1. The Hall–Kier alpha value is -0.00364. The van der Waals surface area contributed by atoms with Crippen molar-refractivity contribution in [2.75, 3.05) is 0 Å². The monoisotopic (exact) mass is 320 g/mol. The molecule has 98 valence electrons. The average molecular weight is 320 g/mol. The van der Waals surface area contributed by atoms with E-state index in [4.69, 9.17) is 0 Å². The molecule has 0 radical (unpaired) electrons. The van der Waals surface area contributed by atoms with Gasteiger partial charge in [0, 0.05) is 5.21 Å². The van der Waals surface area contributed by atoms with Crippen LogP contribution < -0.4 is 56.2 Å². The van der Waals surface area contributed by atoms with Gasteiger partial charge in [-0.2, -0.15) is 5.10 Å². The maximum atomic E-state index is 10.7. The second-order valence-electron chi connectivity index (χ2n) is 2.82. The fourth-order valence-electron chi connectivity index (χ4n) is 0.783. The summed E-state index contributed by atoms with van der Waals surface area (Å²) >= 11 is 0. The van der Waals surface area contributed by atoms with Crippen LogP contribution in [0.3, 0.4) is 0 Å². The summed E-state index contributed by atoms with van der Waals surface area (Å²) in [5.74, 6) is 0. The first kappa shape index (κ1) is 18.0. The Morgan fingerprint density at radius 1 is 1.17 bits per heavy atom. The predicted molar refractivity (Wildman–Crippen MR) is 46.4 cm³/mol. The molecule has 2 aromatic heterocycles. The molecule has 0 atom stereocenters. The minimum Gasteiger partial charge on any atom is -0.721 e. The van der Waals surface area contributed by atoms with Crippen molar-refractivity contribution < 1.29 is 81.4 Å². The van der Waals surface area contributed by atoms with Crippen LogP contribution in [0.25, 0.3) is 11.2 Å². The SMILES string of the molecule is F[P-](F)(F)(F)(F)F.[K+].[O-][n+]1n[nH]c2cccnc21. The Labute approximate surface area is 138 Å². The molecule has 0 saturated heterocycles. The number of hydrogen-bond acceptors (Lipinski definition) is 3. The molecule has 0 bridgehead atoms. The summed E-state index contributed by atoms with van der Waals surface area (Å²) < 4.78 is 59.2. The second kappa shape index (κ2) is 4.83. The van der Waals surface area contributed by atoms with E-state index < -0.39 is 7.81 Å². The van der Waals surface area contributed by atoms with Gasteiger partial charge in [-0.1, -0.05) is 0 Å². The van der Waals surface area contributed by atoms with Crippen molar-refractivity contribution in [2.24, 2.45) is 0 Å². The number of hydrogen-bond donors (Lipinski definition) is 1. The van der Waals surface area contributed by atoms with Gasteiger partial charge in [0.2, 0.25) is 0 Å². The number of rotatable bonds is 0. The molecule has 13 heteroatoms. The minimum atomic E-state index is -10.7. The zero-order chi connectivity index (χ0) is 13.4. The predicted octanol–water partition coefficient (Wildman–Crippen LogP) is -0.0223. The van der Waals surface area contributed by atoms with E-state index in [0.717, 1.165) is 0 Å². The smallest absolute Gasteiger partial charge is 0.721 e. The van der Waals surface area contributed by atoms with Gasteiger partial charge in [-0.15, -0.1) is 9.83 Å². The first-order valence-electron chi connectivity index (χ1n) is 3.78. The summed E-state index contributed by atoms with van der Waals surface area (Å²) in [5, 5.41) is 16.6. The molecule has 0 unspecified atom stereocenters. The van der Waals surface area contributed by atoms with Gasteiger partial charge >= 0.3 is 90.0 Å². The summed E-state index contributed by atoms with van der Waals surface area (Å²) in [5.41, 5.74) is 0.972. The molecule has 0 fully saturated rings. The molecule has 2 heterocycles. The van der Waals surface area contributed by atoms with Gasteiger partial charge in [-0.05, 0) is 12.1 Å². The molecule has 0 saturated carbocycles. The maximum absolute atomic E-state index is 10.7. The zero-order valence-corrected chi connectivity index (χ0v) is 12.7. The molecular formula is C5H4F6KN4OP. The molecule has 2 aromatic rings. The Kier molecular flexibility index (Phi) is 4.83. The second-order valence-corrected chi connectivity index (χ2v) is 4.73. The summed E-state index contributed by atoms with van der Waals surface area (Å²) in [6.07, 6.45) is 1.55. The Balaban J connectivity index is 0.000000326. The van der Waals surface area contributed by atoms with Crippen LogP contribution in [0, 0.1) is 5.21 Å². The number of aromatic amines is 1. The van der Waals surface area contributed by atoms with Crippen molar-refractivity contribution in [3.05, 3.63) is 23.5 Å². The molecule has 18 heavy (non-hydrogen) atoms. The van der Waals surface area contributed by atoms with Crippen LogP contribution >= 0.6 is 7.81 Å². The average Bonchev–Trinajstić information content (AvgIpc) is 2.43. The first-order valence-corrected chi connectivity index (χ1v) is 5.81. The van der Waals surface area contributed by atoms with Crippen LogP contribution in [-0.4, -0.2) is 15.3 Å². The van der Waals surface area contributed by atoms with Gasteiger partial charge in [0.05, 0.1) is 0 Å². The van der Waals surface area contributed by atoms with Crippen molar-refractivity contribution in [3.8, 4) is 0 Å². The van der Waals surface area contributed by atoms with Gasteiger partial charge in [0.25, 0.3) is 0 Å². The standard InChI is InChI=1S/C5H4N4O.F6P.K/c10-9-5-4(7-8-9)2-1-3-6-5;1-7(2,3,4,5)6;/h1-3,7H;;/q;-1;+1. The van der Waals surface area contributed by atoms with E-state index in [2.05, 4.69) is 15.3 Å². The third kappa shape index (κ3) is 9.00. The number of halogens is 6. The fraction of sp³-hybridized carbons (Fsp3) is 0. The van der Waals surface area contributed by atoms with Crippen LogP contribution in [0.1, 0.15) is 0 Å². The van der Waals surface area contributed by atoms with E-state index in [9.17, 15) is 30.4 Å². The molecule has 1 N–H and O–H groups in total. The minimum absolute atomic E-state index is 0. The Morgan fingerprint density at radius 2 is 1.67 bits per heavy atom. The first-order chi connectivity index (χ1) is 7.33. The molecule has 0 aromatic carbocycles. The van der Waals surface area contributed by atoms with Crippen LogP contribution in [0.15, 0.2) is 18.3 Å². The van der Waals surface area contributed by atoms with Crippen molar-refractivity contribution in [1.29, 1.82) is 0 Å². The van der Waals surface area contributed by atoms with Crippen LogP contribution in [0.5, 0.6) is 0 Å². The quantitative estimate of drug-likeness (QED) is 0.244. The fourth-order valence-corrected chi connectivity index (χ4v) is 0.783. The normalized spacial score (nSPS) is 14.8. The molecule has 0 aliphatic carbocycles. The summed E-state index contributed by atoms with van der Waals surface area (Å²) in [6, 6.07) is 3.48. The topological polar surface area (TPSA) is 68.5 Å². The van der Waals surface area contributed by atoms with E-state index in [0.29, 0.717) is 16.0 Å². The molecule has 0 aliphatic heterocycles. The largest absolute Gasteiger partial charge is 1.00 e. The molecule has 2 rings (SSSR count). The van der Waals surface area contributed by atoms with Gasteiger partial charge in [-0.25, -0.2) is 0 Å². The number of aromatic nitrogens is 4. The van der Waals surface area contributed by atoms with Gasteiger partial charge in [-0.3, -0.25) is 0 Å². The van der Waals surface area contributed by atoms with Crippen molar-refractivity contribution >= 4 is 19.0 Å². The number of H-pyrrole nitrogens is 1. The third-order valence-corrected chi connectivity index (χ3v) is 1.23. The van der Waals surface area contributed by atoms with Gasteiger partial charge in [0.1, 0.15) is 6.20 Å². The summed E-state index contributed by atoms with van der Waals surface area (Å²) in [4.78, 5) is 4.25. The van der Waals surface area contributed by atoms with Crippen molar-refractivity contribution in [3.63, 3.8) is 0 Å². The maximum Gasteiger partial charge on any atom is 1.00 e. The van der Waals surface area contributed by atoms with E-state index in [-0.39, 0.29) is 51.4 Å². The van der Waals surface area contributed by atoms with Crippen molar-refractivity contribution in [1.82, 2.24) is 15.3 Å². The van der Waals surface area contributed by atoms with Gasteiger partial charge in [0.15, 0.2) is 5.52 Å². The van der Waals surface area contributed by atoms with E-state index >= 15 is 0 Å². The number of nitrogens with one attached hydrogen (secondary N) is 1. The van der Waals surface area contributed by atoms with E-state index in [1.807, 2.05) is 0 Å².